The summed E-state index contributed by atoms with van der Waals surface area (Å²) in [4.78, 5) is 26.2. The van der Waals surface area contributed by atoms with Crippen LogP contribution in [0.3, 0.4) is 0 Å². The maximum atomic E-state index is 13.0. The van der Waals surface area contributed by atoms with Gasteiger partial charge in [0.2, 0.25) is 21.8 Å². The third-order valence-electron chi connectivity index (χ3n) is 6.81. The predicted molar refractivity (Wildman–Crippen MR) is 160 cm³/mol. The fourth-order valence-electron chi connectivity index (χ4n) is 5.03. The quantitative estimate of drug-likeness (QED) is 0.306. The van der Waals surface area contributed by atoms with E-state index in [2.05, 4.69) is 15.4 Å². The fraction of sp³-hybridized carbons (Fsp3) is 0.355. The molecule has 2 amide bonds. The monoisotopic (exact) mass is 581 g/mol. The lowest BCUT2D eigenvalue weighted by molar-refractivity contribution is -0.124. The number of nitrogens with one attached hydrogen (secondary N) is 3. The lowest BCUT2D eigenvalue weighted by atomic mass is 9.83. The van der Waals surface area contributed by atoms with Gasteiger partial charge in [0.25, 0.3) is 0 Å². The van der Waals surface area contributed by atoms with E-state index < -0.39 is 15.6 Å². The molecule has 0 heterocycles. The van der Waals surface area contributed by atoms with E-state index in [1.807, 2.05) is 24.3 Å². The Morgan fingerprint density at radius 3 is 2.23 bits per heavy atom. The molecule has 1 saturated carbocycles. The molecule has 2 atom stereocenters. The highest BCUT2D eigenvalue weighted by Crippen LogP contribution is 2.29. The maximum absolute atomic E-state index is 13.0. The molecule has 0 unspecified atom stereocenters. The van der Waals surface area contributed by atoms with Crippen LogP contribution >= 0.6 is 11.6 Å². The van der Waals surface area contributed by atoms with Gasteiger partial charge in [-0.3, -0.25) is 9.59 Å². The van der Waals surface area contributed by atoms with Crippen LogP contribution in [0, 0.1) is 5.92 Å². The van der Waals surface area contributed by atoms with E-state index in [-0.39, 0.29) is 35.1 Å². The first-order valence-corrected chi connectivity index (χ1v) is 15.4. The summed E-state index contributed by atoms with van der Waals surface area (Å²) in [6.45, 7) is 5.40. The van der Waals surface area contributed by atoms with E-state index in [9.17, 15) is 18.0 Å². The molecule has 3 aromatic carbocycles. The molecule has 4 rings (SSSR count). The highest BCUT2D eigenvalue weighted by Gasteiger charge is 2.32. The maximum Gasteiger partial charge on any atom is 0.241 e. The number of sulfonamides is 1. The van der Waals surface area contributed by atoms with Gasteiger partial charge in [0.15, 0.2) is 0 Å². The van der Waals surface area contributed by atoms with E-state index in [4.69, 9.17) is 11.6 Å². The van der Waals surface area contributed by atoms with Crippen molar-refractivity contribution in [2.75, 3.05) is 5.32 Å². The van der Waals surface area contributed by atoms with Crippen LogP contribution in [0.2, 0.25) is 5.02 Å². The molecule has 7 nitrogen and oxygen atoms in total. The van der Waals surface area contributed by atoms with Crippen molar-refractivity contribution in [3.63, 3.8) is 0 Å². The Morgan fingerprint density at radius 1 is 0.900 bits per heavy atom. The molecule has 0 aromatic heterocycles. The summed E-state index contributed by atoms with van der Waals surface area (Å²) in [5.74, 6) is -0.566. The smallest absolute Gasteiger partial charge is 0.241 e. The van der Waals surface area contributed by atoms with Crippen LogP contribution in [-0.4, -0.2) is 31.8 Å². The van der Waals surface area contributed by atoms with E-state index >= 15 is 0 Å². The fourth-order valence-corrected chi connectivity index (χ4v) is 6.80. The molecule has 3 N–H and O–H groups in total. The second-order valence-corrected chi connectivity index (χ2v) is 13.4. The van der Waals surface area contributed by atoms with Crippen molar-refractivity contribution >= 4 is 39.1 Å². The standard InChI is InChI=1S/C31H36ClN3O4S/c1-31(2,3)35-40(38,39)28-11-7-5-8-25(28)22-14-12-21(13-15-22)20-29(36)34-27-10-6-4-9-26(27)30(37)33-24-18-16-23(32)17-19-24/h5,7-8,11-19,26-27,35H,4,6,9-10,20H2,1-3H3,(H,33,37)(H,34,36)/t26-,27+/m0/s1. The largest absolute Gasteiger partial charge is 0.352 e. The molecule has 1 fully saturated rings. The number of rotatable bonds is 8. The Morgan fingerprint density at radius 2 is 1.55 bits per heavy atom. The van der Waals surface area contributed by atoms with Gasteiger partial charge in [-0.1, -0.05) is 66.9 Å². The number of halogens is 1. The third-order valence-corrected chi connectivity index (χ3v) is 8.88. The molecule has 0 aliphatic heterocycles. The Bertz CT molecular complexity index is 1450. The minimum Gasteiger partial charge on any atom is -0.352 e. The third kappa shape index (κ3) is 7.93. The number of anilines is 1. The van der Waals surface area contributed by atoms with Gasteiger partial charge in [-0.2, -0.15) is 0 Å². The van der Waals surface area contributed by atoms with E-state index in [1.54, 1.807) is 69.3 Å². The molecular weight excluding hydrogens is 546 g/mol. The number of hydrogen-bond donors (Lipinski definition) is 3. The molecule has 9 heteroatoms. The average molecular weight is 582 g/mol. The topological polar surface area (TPSA) is 104 Å². The van der Waals surface area contributed by atoms with Gasteiger partial charge in [0.05, 0.1) is 17.2 Å². The van der Waals surface area contributed by atoms with Crippen molar-refractivity contribution in [2.24, 2.45) is 5.92 Å². The van der Waals surface area contributed by atoms with Crippen LogP contribution in [0.1, 0.15) is 52.0 Å². The van der Waals surface area contributed by atoms with E-state index in [0.29, 0.717) is 22.7 Å². The van der Waals surface area contributed by atoms with Crippen LogP contribution < -0.4 is 15.4 Å². The minimum atomic E-state index is -3.73. The van der Waals surface area contributed by atoms with Crippen molar-refractivity contribution in [1.29, 1.82) is 0 Å². The van der Waals surface area contributed by atoms with Crippen molar-refractivity contribution in [3.8, 4) is 11.1 Å². The lowest BCUT2D eigenvalue weighted by Crippen LogP contribution is -2.47. The molecule has 40 heavy (non-hydrogen) atoms. The number of amides is 2. The SMILES string of the molecule is CC(C)(C)NS(=O)(=O)c1ccccc1-c1ccc(CC(=O)N[C@@H]2CCCC[C@@H]2C(=O)Nc2ccc(Cl)cc2)cc1. The first-order chi connectivity index (χ1) is 18.9. The minimum absolute atomic E-state index is 0.105. The van der Waals surface area contributed by atoms with Crippen molar-refractivity contribution in [3.05, 3.63) is 83.4 Å². The van der Waals surface area contributed by atoms with Gasteiger partial charge < -0.3 is 10.6 Å². The average Bonchev–Trinajstić information content (AvgIpc) is 2.89. The first kappa shape index (κ1) is 29.8. The first-order valence-electron chi connectivity index (χ1n) is 13.5. The zero-order valence-electron chi connectivity index (χ0n) is 23.0. The van der Waals surface area contributed by atoms with Gasteiger partial charge in [-0.25, -0.2) is 13.1 Å². The summed E-state index contributed by atoms with van der Waals surface area (Å²) in [7, 11) is -3.73. The molecule has 3 aromatic rings. The highest BCUT2D eigenvalue weighted by molar-refractivity contribution is 7.89. The Balaban J connectivity index is 1.42. The van der Waals surface area contributed by atoms with Gasteiger partial charge in [-0.15, -0.1) is 0 Å². The normalized spacial score (nSPS) is 17.7. The Kier molecular flexibility index (Phi) is 9.33. The van der Waals surface area contributed by atoms with Gasteiger partial charge >= 0.3 is 0 Å². The van der Waals surface area contributed by atoms with Crippen molar-refractivity contribution in [2.45, 2.75) is 69.4 Å². The molecule has 0 spiro atoms. The second-order valence-electron chi connectivity index (χ2n) is 11.3. The van der Waals surface area contributed by atoms with E-state index in [1.165, 1.54) is 0 Å². The molecule has 0 saturated heterocycles. The van der Waals surface area contributed by atoms with Crippen molar-refractivity contribution in [1.82, 2.24) is 10.0 Å². The molecule has 212 valence electrons. The number of carbonyl (C=O) groups is 2. The summed E-state index contributed by atoms with van der Waals surface area (Å²) in [5, 5.41) is 6.62. The zero-order chi connectivity index (χ0) is 28.9. The summed E-state index contributed by atoms with van der Waals surface area (Å²) in [5.41, 5.74) is 2.19. The number of benzene rings is 3. The van der Waals surface area contributed by atoms with Gasteiger partial charge in [0.1, 0.15) is 0 Å². The van der Waals surface area contributed by atoms with E-state index in [0.717, 1.165) is 30.4 Å². The molecular formula is C31H36ClN3O4S. The highest BCUT2D eigenvalue weighted by atomic mass is 35.5. The van der Waals surface area contributed by atoms with Crippen LogP contribution in [0.5, 0.6) is 0 Å². The molecule has 0 radical (unpaired) electrons. The zero-order valence-corrected chi connectivity index (χ0v) is 24.6. The van der Waals surface area contributed by atoms with Gasteiger partial charge in [-0.05, 0) is 75.1 Å². The van der Waals surface area contributed by atoms with Crippen LogP contribution in [0.15, 0.2) is 77.7 Å². The van der Waals surface area contributed by atoms with Crippen LogP contribution in [0.4, 0.5) is 5.69 Å². The summed E-state index contributed by atoms with van der Waals surface area (Å²) in [6.07, 6.45) is 3.52. The second kappa shape index (κ2) is 12.5. The van der Waals surface area contributed by atoms with Crippen LogP contribution in [0.25, 0.3) is 11.1 Å². The molecule has 1 aliphatic rings. The Labute approximate surface area is 241 Å². The molecule has 1 aliphatic carbocycles. The number of carbonyl (C=O) groups excluding carboxylic acids is 2. The Hall–Kier alpha value is -3.20. The number of hydrogen-bond acceptors (Lipinski definition) is 4. The predicted octanol–water partition coefficient (Wildman–Crippen LogP) is 5.94. The summed E-state index contributed by atoms with van der Waals surface area (Å²) in [6, 6.07) is 20.9. The van der Waals surface area contributed by atoms with Crippen LogP contribution in [-0.2, 0) is 26.0 Å². The lowest BCUT2D eigenvalue weighted by Gasteiger charge is -2.31. The van der Waals surface area contributed by atoms with Gasteiger partial charge in [0, 0.05) is 27.9 Å². The molecule has 0 bridgehead atoms. The van der Waals surface area contributed by atoms with Crippen molar-refractivity contribution < 1.29 is 18.0 Å². The summed E-state index contributed by atoms with van der Waals surface area (Å²) < 4.78 is 28.8. The summed E-state index contributed by atoms with van der Waals surface area (Å²) >= 11 is 5.94.